The molecular weight excluding hydrogens is 268 g/mol. The van der Waals surface area contributed by atoms with Gasteiger partial charge in [-0.25, -0.2) is 8.42 Å². The Balaban J connectivity index is 2.64. The summed E-state index contributed by atoms with van der Waals surface area (Å²) in [5.41, 5.74) is 0. The fourth-order valence-corrected chi connectivity index (χ4v) is 3.91. The monoisotopic (exact) mass is 290 g/mol. The third-order valence-corrected chi connectivity index (χ3v) is 4.96. The van der Waals surface area contributed by atoms with Gasteiger partial charge in [0, 0.05) is 7.05 Å². The molecule has 1 aliphatic heterocycles. The van der Waals surface area contributed by atoms with E-state index in [0.29, 0.717) is 12.8 Å². The average molecular weight is 290 g/mol. The second-order valence-corrected chi connectivity index (χ2v) is 7.63. The minimum atomic E-state index is -3.09. The number of rotatable bonds is 5. The van der Waals surface area contributed by atoms with Crippen molar-refractivity contribution in [1.82, 2.24) is 10.6 Å². The van der Waals surface area contributed by atoms with E-state index in [0.717, 1.165) is 0 Å². The molecule has 0 spiro atoms. The van der Waals surface area contributed by atoms with Crippen LogP contribution in [-0.2, 0) is 19.4 Å². The Morgan fingerprint density at radius 1 is 1.32 bits per heavy atom. The van der Waals surface area contributed by atoms with Crippen LogP contribution in [-0.4, -0.2) is 44.8 Å². The summed E-state index contributed by atoms with van der Waals surface area (Å²) >= 11 is 0. The van der Waals surface area contributed by atoms with Crippen molar-refractivity contribution < 1.29 is 18.0 Å². The average Bonchev–Trinajstić information content (AvgIpc) is 2.67. The van der Waals surface area contributed by atoms with E-state index < -0.39 is 21.8 Å². The van der Waals surface area contributed by atoms with Gasteiger partial charge in [0.15, 0.2) is 9.84 Å². The zero-order valence-electron chi connectivity index (χ0n) is 11.6. The van der Waals surface area contributed by atoms with Crippen molar-refractivity contribution in [3.05, 3.63) is 0 Å². The number of amides is 2. The Morgan fingerprint density at radius 3 is 2.37 bits per heavy atom. The lowest BCUT2D eigenvalue weighted by molar-refractivity contribution is -0.130. The Kier molecular flexibility index (Phi) is 5.34. The van der Waals surface area contributed by atoms with Crippen molar-refractivity contribution >= 4 is 21.7 Å². The first kappa shape index (κ1) is 15.9. The topological polar surface area (TPSA) is 92.3 Å². The SMILES string of the molecule is CNC(=O)[C@@H](CC(C)C)NC(=O)[C@@H]1CCS(=O)(=O)C1. The highest BCUT2D eigenvalue weighted by Crippen LogP contribution is 2.19. The van der Waals surface area contributed by atoms with Crippen molar-refractivity contribution in [2.24, 2.45) is 11.8 Å². The minimum absolute atomic E-state index is 0.0555. The summed E-state index contributed by atoms with van der Waals surface area (Å²) in [5, 5.41) is 5.17. The third kappa shape index (κ3) is 4.81. The highest BCUT2D eigenvalue weighted by Gasteiger charge is 2.34. The van der Waals surface area contributed by atoms with E-state index in [9.17, 15) is 18.0 Å². The van der Waals surface area contributed by atoms with Crippen molar-refractivity contribution in [1.29, 1.82) is 0 Å². The van der Waals surface area contributed by atoms with Crippen molar-refractivity contribution in [2.45, 2.75) is 32.7 Å². The largest absolute Gasteiger partial charge is 0.357 e. The zero-order valence-corrected chi connectivity index (χ0v) is 12.4. The Labute approximate surface area is 114 Å². The molecule has 6 nitrogen and oxygen atoms in total. The molecule has 0 radical (unpaired) electrons. The van der Waals surface area contributed by atoms with Crippen LogP contribution in [0.15, 0.2) is 0 Å². The van der Waals surface area contributed by atoms with Gasteiger partial charge >= 0.3 is 0 Å². The van der Waals surface area contributed by atoms with Gasteiger partial charge < -0.3 is 10.6 Å². The van der Waals surface area contributed by atoms with Gasteiger partial charge in [0.25, 0.3) is 0 Å². The van der Waals surface area contributed by atoms with Crippen LogP contribution in [0.4, 0.5) is 0 Å². The summed E-state index contributed by atoms with van der Waals surface area (Å²) in [5.74, 6) is -0.904. The van der Waals surface area contributed by atoms with Crippen LogP contribution in [0, 0.1) is 11.8 Å². The molecule has 0 aromatic heterocycles. The van der Waals surface area contributed by atoms with E-state index in [2.05, 4.69) is 10.6 Å². The van der Waals surface area contributed by atoms with Crippen LogP contribution < -0.4 is 10.6 Å². The number of sulfone groups is 1. The number of hydrogen-bond acceptors (Lipinski definition) is 4. The maximum Gasteiger partial charge on any atom is 0.242 e. The van der Waals surface area contributed by atoms with E-state index in [1.807, 2.05) is 13.8 Å². The van der Waals surface area contributed by atoms with Gasteiger partial charge in [0.05, 0.1) is 17.4 Å². The number of carbonyl (C=O) groups excluding carboxylic acids is 2. The molecule has 0 unspecified atom stereocenters. The lowest BCUT2D eigenvalue weighted by atomic mass is 10.0. The van der Waals surface area contributed by atoms with Gasteiger partial charge in [-0.3, -0.25) is 9.59 Å². The maximum absolute atomic E-state index is 12.0. The Morgan fingerprint density at radius 2 is 1.95 bits per heavy atom. The number of carbonyl (C=O) groups is 2. The summed E-state index contributed by atoms with van der Waals surface area (Å²) in [6.45, 7) is 3.92. The second-order valence-electron chi connectivity index (χ2n) is 5.40. The quantitative estimate of drug-likeness (QED) is 0.727. The first-order valence-corrected chi connectivity index (χ1v) is 8.29. The summed E-state index contributed by atoms with van der Waals surface area (Å²) in [7, 11) is -1.57. The summed E-state index contributed by atoms with van der Waals surface area (Å²) < 4.78 is 22.7. The van der Waals surface area contributed by atoms with Crippen LogP contribution in [0.1, 0.15) is 26.7 Å². The van der Waals surface area contributed by atoms with Crippen LogP contribution in [0.5, 0.6) is 0 Å². The molecule has 2 atom stereocenters. The molecule has 0 aliphatic carbocycles. The minimum Gasteiger partial charge on any atom is -0.357 e. The molecule has 0 aromatic carbocycles. The van der Waals surface area contributed by atoms with E-state index in [1.54, 1.807) is 0 Å². The lowest BCUT2D eigenvalue weighted by Crippen LogP contribution is -2.48. The number of nitrogens with one attached hydrogen (secondary N) is 2. The van der Waals surface area contributed by atoms with Gasteiger partial charge in [0.2, 0.25) is 11.8 Å². The van der Waals surface area contributed by atoms with Crippen molar-refractivity contribution in [2.75, 3.05) is 18.6 Å². The predicted molar refractivity (Wildman–Crippen MR) is 72.2 cm³/mol. The van der Waals surface area contributed by atoms with Gasteiger partial charge in [-0.05, 0) is 18.8 Å². The molecule has 1 aliphatic rings. The third-order valence-electron chi connectivity index (χ3n) is 3.19. The predicted octanol–water partition coefficient (Wildman–Crippen LogP) is -0.302. The molecule has 1 fully saturated rings. The van der Waals surface area contributed by atoms with E-state index in [-0.39, 0.29) is 29.2 Å². The van der Waals surface area contributed by atoms with Crippen LogP contribution in [0.25, 0.3) is 0 Å². The molecule has 2 N–H and O–H groups in total. The molecule has 110 valence electrons. The highest BCUT2D eigenvalue weighted by atomic mass is 32.2. The maximum atomic E-state index is 12.0. The molecule has 1 rings (SSSR count). The molecule has 2 amide bonds. The van der Waals surface area contributed by atoms with Crippen LogP contribution >= 0.6 is 0 Å². The first-order valence-electron chi connectivity index (χ1n) is 6.47. The van der Waals surface area contributed by atoms with Crippen LogP contribution in [0.3, 0.4) is 0 Å². The lowest BCUT2D eigenvalue weighted by Gasteiger charge is -2.20. The molecule has 7 heteroatoms. The molecule has 0 aromatic rings. The van der Waals surface area contributed by atoms with Gasteiger partial charge in [-0.15, -0.1) is 0 Å². The fourth-order valence-electron chi connectivity index (χ4n) is 2.17. The van der Waals surface area contributed by atoms with E-state index in [1.165, 1.54) is 7.05 Å². The smallest absolute Gasteiger partial charge is 0.242 e. The first-order chi connectivity index (χ1) is 8.75. The summed E-state index contributed by atoms with van der Waals surface area (Å²) in [6, 6.07) is -0.596. The summed E-state index contributed by atoms with van der Waals surface area (Å²) in [4.78, 5) is 23.7. The zero-order chi connectivity index (χ0) is 14.6. The van der Waals surface area contributed by atoms with E-state index in [4.69, 9.17) is 0 Å². The second kappa shape index (κ2) is 6.36. The Hall–Kier alpha value is -1.11. The summed E-state index contributed by atoms with van der Waals surface area (Å²) in [6.07, 6.45) is 0.876. The number of likely N-dealkylation sites (N-methyl/N-ethyl adjacent to an activating group) is 1. The van der Waals surface area contributed by atoms with Gasteiger partial charge in [-0.1, -0.05) is 13.8 Å². The molecule has 0 bridgehead atoms. The van der Waals surface area contributed by atoms with Crippen molar-refractivity contribution in [3.63, 3.8) is 0 Å². The van der Waals surface area contributed by atoms with Crippen molar-refractivity contribution in [3.8, 4) is 0 Å². The number of hydrogen-bond donors (Lipinski definition) is 2. The van der Waals surface area contributed by atoms with E-state index >= 15 is 0 Å². The molecule has 0 saturated carbocycles. The molecule has 19 heavy (non-hydrogen) atoms. The van der Waals surface area contributed by atoms with Crippen LogP contribution in [0.2, 0.25) is 0 Å². The standard InChI is InChI=1S/C12H22N2O4S/c1-8(2)6-10(12(16)13-3)14-11(15)9-4-5-19(17,18)7-9/h8-10H,4-7H2,1-3H3,(H,13,16)(H,14,15)/t9-,10-/m1/s1. The van der Waals surface area contributed by atoms with Gasteiger partial charge in [0.1, 0.15) is 6.04 Å². The Bertz CT molecular complexity index is 445. The molecular formula is C12H22N2O4S. The normalized spacial score (nSPS) is 23.1. The van der Waals surface area contributed by atoms with Gasteiger partial charge in [-0.2, -0.15) is 0 Å². The fraction of sp³-hybridized carbons (Fsp3) is 0.833. The highest BCUT2D eigenvalue weighted by molar-refractivity contribution is 7.91. The molecule has 1 heterocycles. The molecule has 1 saturated heterocycles.